The lowest BCUT2D eigenvalue weighted by Crippen LogP contribution is -1.98. The molecule has 0 aliphatic carbocycles. The van der Waals surface area contributed by atoms with E-state index < -0.39 is 6.10 Å². The topological polar surface area (TPSA) is 25.2 Å². The maximum atomic E-state index is 9.70. The first-order valence-corrected chi connectivity index (χ1v) is 5.38. The van der Waals surface area contributed by atoms with Gasteiger partial charge in [-0.1, -0.05) is 18.2 Å². The molecule has 1 aromatic heterocycles. The Bertz CT molecular complexity index is 426. The summed E-state index contributed by atoms with van der Waals surface area (Å²) in [6.45, 7) is 6.11. The van der Waals surface area contributed by atoms with Crippen LogP contribution in [0.25, 0.3) is 10.9 Å². The SMILES string of the molecule is CC(O)c1cn(C(C)C)c2ccccc12. The second kappa shape index (κ2) is 3.70. The number of nitrogens with zero attached hydrogens (tertiary/aromatic N) is 1. The summed E-state index contributed by atoms with van der Waals surface area (Å²) in [5.74, 6) is 0. The molecule has 2 heteroatoms. The summed E-state index contributed by atoms with van der Waals surface area (Å²) >= 11 is 0. The number of hydrogen-bond acceptors (Lipinski definition) is 1. The third kappa shape index (κ3) is 1.65. The summed E-state index contributed by atoms with van der Waals surface area (Å²) < 4.78 is 2.21. The van der Waals surface area contributed by atoms with Crippen molar-refractivity contribution in [1.82, 2.24) is 4.57 Å². The third-order valence-corrected chi connectivity index (χ3v) is 2.78. The molecular formula is C13H17NO. The molecule has 1 N–H and O–H groups in total. The van der Waals surface area contributed by atoms with Gasteiger partial charge in [0, 0.05) is 28.7 Å². The van der Waals surface area contributed by atoms with Crippen LogP contribution >= 0.6 is 0 Å². The average Bonchev–Trinajstić information content (AvgIpc) is 2.56. The van der Waals surface area contributed by atoms with Crippen LogP contribution in [0.4, 0.5) is 0 Å². The summed E-state index contributed by atoms with van der Waals surface area (Å²) in [5.41, 5.74) is 2.21. The molecule has 0 aliphatic heterocycles. The van der Waals surface area contributed by atoms with Crippen molar-refractivity contribution in [3.63, 3.8) is 0 Å². The predicted molar refractivity (Wildman–Crippen MR) is 63.0 cm³/mol. The standard InChI is InChI=1S/C13H17NO/c1-9(2)14-8-12(10(3)15)11-6-4-5-7-13(11)14/h4-10,15H,1-3H3. The monoisotopic (exact) mass is 203 g/mol. The van der Waals surface area contributed by atoms with Crippen molar-refractivity contribution in [2.24, 2.45) is 0 Å². The Morgan fingerprint density at radius 1 is 1.13 bits per heavy atom. The van der Waals surface area contributed by atoms with Crippen LogP contribution in [-0.2, 0) is 0 Å². The van der Waals surface area contributed by atoms with E-state index >= 15 is 0 Å². The fourth-order valence-corrected chi connectivity index (χ4v) is 1.99. The van der Waals surface area contributed by atoms with Crippen LogP contribution in [0.15, 0.2) is 30.5 Å². The van der Waals surface area contributed by atoms with Gasteiger partial charge >= 0.3 is 0 Å². The molecule has 1 aromatic carbocycles. The Balaban J connectivity index is 2.73. The van der Waals surface area contributed by atoms with Crippen molar-refractivity contribution in [2.75, 3.05) is 0 Å². The van der Waals surface area contributed by atoms with E-state index in [9.17, 15) is 5.11 Å². The van der Waals surface area contributed by atoms with E-state index in [0.29, 0.717) is 6.04 Å². The fourth-order valence-electron chi connectivity index (χ4n) is 1.99. The molecule has 2 nitrogen and oxygen atoms in total. The number of hydrogen-bond donors (Lipinski definition) is 1. The number of benzene rings is 1. The molecule has 0 fully saturated rings. The molecule has 1 unspecified atom stereocenters. The molecule has 0 radical (unpaired) electrons. The number of para-hydroxylation sites is 1. The van der Waals surface area contributed by atoms with Crippen LogP contribution in [0.2, 0.25) is 0 Å². The van der Waals surface area contributed by atoms with Crippen molar-refractivity contribution >= 4 is 10.9 Å². The minimum absolute atomic E-state index is 0.408. The first-order valence-electron chi connectivity index (χ1n) is 5.38. The van der Waals surface area contributed by atoms with E-state index in [1.807, 2.05) is 19.1 Å². The number of aromatic nitrogens is 1. The molecule has 0 amide bonds. The van der Waals surface area contributed by atoms with Gasteiger partial charge in [0.25, 0.3) is 0 Å². The van der Waals surface area contributed by atoms with Gasteiger partial charge in [0.05, 0.1) is 6.10 Å². The lowest BCUT2D eigenvalue weighted by atomic mass is 10.1. The van der Waals surface area contributed by atoms with Crippen LogP contribution in [-0.4, -0.2) is 9.67 Å². The van der Waals surface area contributed by atoms with Gasteiger partial charge in [-0.25, -0.2) is 0 Å². The van der Waals surface area contributed by atoms with E-state index in [1.54, 1.807) is 0 Å². The molecule has 15 heavy (non-hydrogen) atoms. The zero-order valence-corrected chi connectivity index (χ0v) is 9.44. The molecule has 0 saturated carbocycles. The Hall–Kier alpha value is -1.28. The van der Waals surface area contributed by atoms with Gasteiger partial charge in [-0.05, 0) is 26.8 Å². The van der Waals surface area contributed by atoms with Crippen LogP contribution in [0.3, 0.4) is 0 Å². The molecule has 0 saturated heterocycles. The third-order valence-electron chi connectivity index (χ3n) is 2.78. The molecule has 0 bridgehead atoms. The largest absolute Gasteiger partial charge is 0.389 e. The lowest BCUT2D eigenvalue weighted by Gasteiger charge is -2.08. The summed E-state index contributed by atoms with van der Waals surface area (Å²) in [6.07, 6.45) is 1.65. The minimum atomic E-state index is -0.408. The van der Waals surface area contributed by atoms with Crippen molar-refractivity contribution < 1.29 is 5.11 Å². The second-order valence-electron chi connectivity index (χ2n) is 4.28. The smallest absolute Gasteiger partial charge is 0.0782 e. The molecule has 80 valence electrons. The Morgan fingerprint density at radius 2 is 1.80 bits per heavy atom. The summed E-state index contributed by atoms with van der Waals surface area (Å²) in [7, 11) is 0. The van der Waals surface area contributed by atoms with Crippen LogP contribution in [0.5, 0.6) is 0 Å². The normalized spacial score (nSPS) is 13.7. The molecule has 1 atom stereocenters. The Kier molecular flexibility index (Phi) is 2.53. The Morgan fingerprint density at radius 3 is 2.40 bits per heavy atom. The highest BCUT2D eigenvalue weighted by Gasteiger charge is 2.12. The summed E-state index contributed by atoms with van der Waals surface area (Å²) in [6, 6.07) is 8.63. The highest BCUT2D eigenvalue weighted by atomic mass is 16.3. The van der Waals surface area contributed by atoms with Gasteiger partial charge in [0.15, 0.2) is 0 Å². The zero-order valence-electron chi connectivity index (χ0n) is 9.44. The first kappa shape index (κ1) is 10.2. The maximum absolute atomic E-state index is 9.70. The van der Waals surface area contributed by atoms with Crippen molar-refractivity contribution in [2.45, 2.75) is 32.9 Å². The molecule has 2 aromatic rings. The van der Waals surface area contributed by atoms with Gasteiger partial charge in [-0.3, -0.25) is 0 Å². The zero-order chi connectivity index (χ0) is 11.0. The van der Waals surface area contributed by atoms with E-state index in [4.69, 9.17) is 0 Å². The highest BCUT2D eigenvalue weighted by Crippen LogP contribution is 2.28. The van der Waals surface area contributed by atoms with Gasteiger partial charge in [0.2, 0.25) is 0 Å². The van der Waals surface area contributed by atoms with Crippen molar-refractivity contribution in [3.8, 4) is 0 Å². The molecule has 1 heterocycles. The minimum Gasteiger partial charge on any atom is -0.389 e. The number of aliphatic hydroxyl groups is 1. The summed E-state index contributed by atoms with van der Waals surface area (Å²) in [4.78, 5) is 0. The maximum Gasteiger partial charge on any atom is 0.0782 e. The summed E-state index contributed by atoms with van der Waals surface area (Å²) in [5, 5.41) is 10.9. The van der Waals surface area contributed by atoms with Gasteiger partial charge in [0.1, 0.15) is 0 Å². The number of rotatable bonds is 2. The van der Waals surface area contributed by atoms with E-state index in [2.05, 4.69) is 36.7 Å². The Labute approximate surface area is 90.2 Å². The van der Waals surface area contributed by atoms with Crippen LogP contribution < -0.4 is 0 Å². The molecule has 2 rings (SSSR count). The molecule has 0 spiro atoms. The van der Waals surface area contributed by atoms with Crippen LogP contribution in [0, 0.1) is 0 Å². The first-order chi connectivity index (χ1) is 7.11. The average molecular weight is 203 g/mol. The number of aliphatic hydroxyl groups excluding tert-OH is 1. The lowest BCUT2D eigenvalue weighted by molar-refractivity contribution is 0.200. The van der Waals surface area contributed by atoms with E-state index in [-0.39, 0.29) is 0 Å². The second-order valence-corrected chi connectivity index (χ2v) is 4.28. The fraction of sp³-hybridized carbons (Fsp3) is 0.385. The van der Waals surface area contributed by atoms with Gasteiger partial charge in [-0.2, -0.15) is 0 Å². The predicted octanol–water partition coefficient (Wildman–Crippen LogP) is 3.28. The van der Waals surface area contributed by atoms with Crippen molar-refractivity contribution in [3.05, 3.63) is 36.0 Å². The van der Waals surface area contributed by atoms with Gasteiger partial charge < -0.3 is 9.67 Å². The van der Waals surface area contributed by atoms with E-state index in [0.717, 1.165) is 10.9 Å². The quantitative estimate of drug-likeness (QED) is 0.796. The number of fused-ring (bicyclic) bond motifs is 1. The molecule has 0 aliphatic rings. The van der Waals surface area contributed by atoms with E-state index in [1.165, 1.54) is 5.52 Å². The highest BCUT2D eigenvalue weighted by molar-refractivity contribution is 5.84. The molecular weight excluding hydrogens is 186 g/mol. The van der Waals surface area contributed by atoms with Gasteiger partial charge in [-0.15, -0.1) is 0 Å². The van der Waals surface area contributed by atoms with Crippen molar-refractivity contribution in [1.29, 1.82) is 0 Å². The van der Waals surface area contributed by atoms with Crippen LogP contribution in [0.1, 0.15) is 38.5 Å².